The number of hydrogen-bond acceptors (Lipinski definition) is 3. The van der Waals surface area contributed by atoms with Gasteiger partial charge in [-0.3, -0.25) is 4.79 Å². The van der Waals surface area contributed by atoms with E-state index in [4.69, 9.17) is 9.84 Å². The molecule has 7 heteroatoms. The molecule has 0 aliphatic rings. The number of carboxylic acid groups (broad SMARTS) is 1. The fourth-order valence-corrected chi connectivity index (χ4v) is 1.49. The van der Waals surface area contributed by atoms with Gasteiger partial charge in [-0.25, -0.2) is 13.6 Å². The molecule has 0 saturated carbocycles. The Morgan fingerprint density at radius 3 is 2.75 bits per heavy atom. The summed E-state index contributed by atoms with van der Waals surface area (Å²) in [5.74, 6) is -2.53. The topological polar surface area (TPSA) is 75.6 Å². The number of benzene rings is 1. The van der Waals surface area contributed by atoms with Crippen LogP contribution in [0.25, 0.3) is 0 Å². The second-order valence-electron chi connectivity index (χ2n) is 4.03. The van der Waals surface area contributed by atoms with Crippen LogP contribution < -0.4 is 5.32 Å². The third-order valence-electron chi connectivity index (χ3n) is 2.42. The van der Waals surface area contributed by atoms with Crippen LogP contribution in [0.4, 0.5) is 8.78 Å². The summed E-state index contributed by atoms with van der Waals surface area (Å²) in [5.41, 5.74) is 0.141. The minimum Gasteiger partial charge on any atom is -0.480 e. The molecular weight excluding hydrogens is 272 g/mol. The first-order valence-electron chi connectivity index (χ1n) is 5.99. The number of ether oxygens (including phenoxy) is 1. The summed E-state index contributed by atoms with van der Waals surface area (Å²) in [6.07, 6.45) is 0.102. The van der Waals surface area contributed by atoms with Crippen molar-refractivity contribution in [1.82, 2.24) is 5.32 Å². The van der Waals surface area contributed by atoms with Gasteiger partial charge in [-0.05, 0) is 30.2 Å². The van der Waals surface area contributed by atoms with Gasteiger partial charge in [-0.2, -0.15) is 0 Å². The number of hydrogen-bond donors (Lipinski definition) is 2. The van der Waals surface area contributed by atoms with Crippen LogP contribution in [0, 0.1) is 11.6 Å². The van der Waals surface area contributed by atoms with Gasteiger partial charge in [0.15, 0.2) is 0 Å². The van der Waals surface area contributed by atoms with Gasteiger partial charge < -0.3 is 15.2 Å². The van der Waals surface area contributed by atoms with E-state index in [-0.39, 0.29) is 37.5 Å². The maximum Gasteiger partial charge on any atom is 0.329 e. The van der Waals surface area contributed by atoms with Crippen molar-refractivity contribution in [2.75, 3.05) is 19.8 Å². The van der Waals surface area contributed by atoms with E-state index >= 15 is 0 Å². The molecule has 20 heavy (non-hydrogen) atoms. The SMILES string of the molecule is O=C(O)COCCNC(=O)CCc1cc(F)ccc1F. The van der Waals surface area contributed by atoms with Gasteiger partial charge in [0.2, 0.25) is 5.91 Å². The number of rotatable bonds is 8. The van der Waals surface area contributed by atoms with E-state index < -0.39 is 24.2 Å². The molecule has 5 nitrogen and oxygen atoms in total. The van der Waals surface area contributed by atoms with Crippen LogP contribution in [-0.2, 0) is 20.7 Å². The lowest BCUT2D eigenvalue weighted by molar-refractivity contribution is -0.142. The first-order chi connectivity index (χ1) is 9.49. The summed E-state index contributed by atoms with van der Waals surface area (Å²) >= 11 is 0. The number of carbonyl (C=O) groups excluding carboxylic acids is 1. The summed E-state index contributed by atoms with van der Waals surface area (Å²) in [6, 6.07) is 3.08. The average molecular weight is 287 g/mol. The number of carbonyl (C=O) groups is 2. The normalized spacial score (nSPS) is 10.3. The Morgan fingerprint density at radius 1 is 1.30 bits per heavy atom. The third kappa shape index (κ3) is 6.24. The van der Waals surface area contributed by atoms with E-state index in [0.29, 0.717) is 0 Å². The summed E-state index contributed by atoms with van der Waals surface area (Å²) in [4.78, 5) is 21.5. The Labute approximate surface area is 114 Å². The second kappa shape index (κ2) is 8.21. The van der Waals surface area contributed by atoms with Gasteiger partial charge in [0.1, 0.15) is 18.2 Å². The summed E-state index contributed by atoms with van der Waals surface area (Å²) in [7, 11) is 0. The smallest absolute Gasteiger partial charge is 0.329 e. The molecule has 0 radical (unpaired) electrons. The predicted molar refractivity (Wildman–Crippen MR) is 66.1 cm³/mol. The molecule has 0 saturated heterocycles. The molecule has 1 aromatic carbocycles. The Bertz CT molecular complexity index is 479. The monoisotopic (exact) mass is 287 g/mol. The zero-order valence-electron chi connectivity index (χ0n) is 10.7. The van der Waals surface area contributed by atoms with Gasteiger partial charge in [-0.15, -0.1) is 0 Å². The lowest BCUT2D eigenvalue weighted by Gasteiger charge is -2.06. The molecule has 0 aromatic heterocycles. The minimum absolute atomic E-state index is 0.0132. The van der Waals surface area contributed by atoms with Crippen molar-refractivity contribution in [3.63, 3.8) is 0 Å². The van der Waals surface area contributed by atoms with Crippen LogP contribution in [-0.4, -0.2) is 36.7 Å². The van der Waals surface area contributed by atoms with Crippen molar-refractivity contribution >= 4 is 11.9 Å². The number of amides is 1. The second-order valence-corrected chi connectivity index (χ2v) is 4.03. The standard InChI is InChI=1S/C13H15F2NO4/c14-10-2-3-11(15)9(7-10)1-4-12(17)16-5-6-20-8-13(18)19/h2-3,7H,1,4-6,8H2,(H,16,17)(H,18,19). The molecule has 0 heterocycles. The van der Waals surface area contributed by atoms with Crippen LogP contribution in [0.5, 0.6) is 0 Å². The van der Waals surface area contributed by atoms with Crippen LogP contribution in [0.15, 0.2) is 18.2 Å². The molecular formula is C13H15F2NO4. The number of aryl methyl sites for hydroxylation is 1. The molecule has 1 amide bonds. The Balaban J connectivity index is 2.23. The first-order valence-corrected chi connectivity index (χ1v) is 5.99. The molecule has 0 atom stereocenters. The zero-order chi connectivity index (χ0) is 15.0. The Morgan fingerprint density at radius 2 is 2.05 bits per heavy atom. The van der Waals surface area contributed by atoms with E-state index in [1.807, 2.05) is 0 Å². The quantitative estimate of drug-likeness (QED) is 0.702. The van der Waals surface area contributed by atoms with E-state index in [1.165, 1.54) is 0 Å². The molecule has 1 aromatic rings. The van der Waals surface area contributed by atoms with Crippen molar-refractivity contribution in [3.8, 4) is 0 Å². The fraction of sp³-hybridized carbons (Fsp3) is 0.385. The lowest BCUT2D eigenvalue weighted by atomic mass is 10.1. The molecule has 0 fully saturated rings. The van der Waals surface area contributed by atoms with Crippen LogP contribution in [0.2, 0.25) is 0 Å². The van der Waals surface area contributed by atoms with E-state index in [9.17, 15) is 18.4 Å². The fourth-order valence-electron chi connectivity index (χ4n) is 1.49. The molecule has 0 spiro atoms. The highest BCUT2D eigenvalue weighted by Crippen LogP contribution is 2.11. The van der Waals surface area contributed by atoms with Gasteiger partial charge in [-0.1, -0.05) is 0 Å². The minimum atomic E-state index is -1.09. The van der Waals surface area contributed by atoms with Gasteiger partial charge in [0.05, 0.1) is 6.61 Å². The highest BCUT2D eigenvalue weighted by atomic mass is 19.1. The number of halogens is 2. The van der Waals surface area contributed by atoms with Crippen molar-refractivity contribution in [3.05, 3.63) is 35.4 Å². The Kier molecular flexibility index (Phi) is 6.58. The maximum atomic E-state index is 13.3. The van der Waals surface area contributed by atoms with Crippen molar-refractivity contribution in [2.45, 2.75) is 12.8 Å². The van der Waals surface area contributed by atoms with Crippen molar-refractivity contribution in [1.29, 1.82) is 0 Å². The summed E-state index contributed by atoms with van der Waals surface area (Å²) < 4.78 is 30.9. The highest BCUT2D eigenvalue weighted by Gasteiger charge is 2.07. The number of carboxylic acids is 1. The van der Waals surface area contributed by atoms with Crippen LogP contribution in [0.3, 0.4) is 0 Å². The molecule has 0 aliphatic heterocycles. The predicted octanol–water partition coefficient (Wildman–Crippen LogP) is 1.11. The zero-order valence-corrected chi connectivity index (χ0v) is 10.7. The summed E-state index contributed by atoms with van der Waals surface area (Å²) in [5, 5.41) is 10.8. The van der Waals surface area contributed by atoms with Gasteiger partial charge in [0, 0.05) is 13.0 Å². The van der Waals surface area contributed by atoms with Crippen molar-refractivity contribution < 1.29 is 28.2 Å². The molecule has 0 aliphatic carbocycles. The molecule has 0 unspecified atom stereocenters. The van der Waals surface area contributed by atoms with Crippen LogP contribution in [0.1, 0.15) is 12.0 Å². The molecule has 0 bridgehead atoms. The lowest BCUT2D eigenvalue weighted by Crippen LogP contribution is -2.28. The summed E-state index contributed by atoms with van der Waals surface area (Å²) in [6.45, 7) is -0.186. The van der Waals surface area contributed by atoms with Gasteiger partial charge in [0.25, 0.3) is 0 Å². The average Bonchev–Trinajstić information content (AvgIpc) is 2.39. The Hall–Kier alpha value is -2.02. The number of aliphatic carboxylic acids is 1. The number of nitrogens with one attached hydrogen (secondary N) is 1. The third-order valence-corrected chi connectivity index (χ3v) is 2.42. The first kappa shape index (κ1) is 16.0. The molecule has 1 rings (SSSR count). The largest absolute Gasteiger partial charge is 0.480 e. The maximum absolute atomic E-state index is 13.3. The molecule has 2 N–H and O–H groups in total. The van der Waals surface area contributed by atoms with E-state index in [0.717, 1.165) is 18.2 Å². The molecule has 110 valence electrons. The van der Waals surface area contributed by atoms with E-state index in [1.54, 1.807) is 0 Å². The van der Waals surface area contributed by atoms with E-state index in [2.05, 4.69) is 5.32 Å². The highest BCUT2D eigenvalue weighted by molar-refractivity contribution is 5.76. The van der Waals surface area contributed by atoms with Crippen molar-refractivity contribution in [2.24, 2.45) is 0 Å². The van der Waals surface area contributed by atoms with Crippen LogP contribution >= 0.6 is 0 Å². The van der Waals surface area contributed by atoms with Gasteiger partial charge >= 0.3 is 5.97 Å².